The van der Waals surface area contributed by atoms with Gasteiger partial charge in [-0.05, 0) is 38.1 Å². The van der Waals surface area contributed by atoms with Crippen LogP contribution >= 0.6 is 39.1 Å². The van der Waals surface area contributed by atoms with E-state index in [9.17, 15) is 5.11 Å². The van der Waals surface area contributed by atoms with Gasteiger partial charge >= 0.3 is 0 Å². The fourth-order valence-electron chi connectivity index (χ4n) is 2.26. The lowest BCUT2D eigenvalue weighted by atomic mass is 10.2. The van der Waals surface area contributed by atoms with Gasteiger partial charge in [0.1, 0.15) is 0 Å². The second-order valence-electron chi connectivity index (χ2n) is 4.79. The van der Waals surface area contributed by atoms with Crippen molar-refractivity contribution in [1.82, 2.24) is 4.90 Å². The number of aliphatic hydroxyl groups excluding tert-OH is 1. The molecule has 0 radical (unpaired) electrons. The smallest absolute Gasteiger partial charge is 0.0839 e. The van der Waals surface area contributed by atoms with Crippen molar-refractivity contribution in [2.75, 3.05) is 31.5 Å². The van der Waals surface area contributed by atoms with E-state index in [0.717, 1.165) is 17.6 Å². The van der Waals surface area contributed by atoms with Crippen LogP contribution in [0.25, 0.3) is 0 Å². The summed E-state index contributed by atoms with van der Waals surface area (Å²) in [4.78, 5) is 2.27. The van der Waals surface area contributed by atoms with Gasteiger partial charge in [-0.1, -0.05) is 39.1 Å². The molecule has 0 bridgehead atoms. The van der Waals surface area contributed by atoms with E-state index in [1.54, 1.807) is 12.1 Å². The number of halogens is 3. The Kier molecular flexibility index (Phi) is 5.78. The fourth-order valence-corrected chi connectivity index (χ4v) is 3.60. The second kappa shape index (κ2) is 7.14. The maximum absolute atomic E-state index is 10.0. The van der Waals surface area contributed by atoms with Crippen LogP contribution in [0, 0.1) is 0 Å². The van der Waals surface area contributed by atoms with E-state index in [2.05, 4.69) is 26.1 Å². The maximum atomic E-state index is 10.0. The minimum Gasteiger partial charge on any atom is -0.390 e. The molecule has 0 aromatic heterocycles. The minimum atomic E-state index is -0.422. The molecule has 0 aliphatic carbocycles. The summed E-state index contributed by atoms with van der Waals surface area (Å²) in [5.74, 6) is 0. The highest BCUT2D eigenvalue weighted by atomic mass is 79.9. The Balaban J connectivity index is 1.87. The van der Waals surface area contributed by atoms with Gasteiger partial charge in [0.2, 0.25) is 0 Å². The number of aliphatic hydroxyl groups is 1. The van der Waals surface area contributed by atoms with Gasteiger partial charge in [0.25, 0.3) is 0 Å². The average molecular weight is 368 g/mol. The summed E-state index contributed by atoms with van der Waals surface area (Å²) >= 11 is 15.6. The Hall–Kier alpha value is -0.0000000000000000763. The number of hydrogen-bond donors (Lipinski definition) is 2. The summed E-state index contributed by atoms with van der Waals surface area (Å²) in [6.45, 7) is 3.30. The molecular weight excluding hydrogens is 351 g/mol. The monoisotopic (exact) mass is 366 g/mol. The molecule has 1 saturated heterocycles. The van der Waals surface area contributed by atoms with E-state index < -0.39 is 6.10 Å². The first-order valence-electron chi connectivity index (χ1n) is 6.35. The van der Waals surface area contributed by atoms with Crippen LogP contribution in [-0.2, 0) is 0 Å². The lowest BCUT2D eigenvalue weighted by molar-refractivity contribution is 0.135. The van der Waals surface area contributed by atoms with Gasteiger partial charge < -0.3 is 15.3 Å². The summed E-state index contributed by atoms with van der Waals surface area (Å²) in [5.41, 5.74) is 0.673. The molecule has 106 valence electrons. The lowest BCUT2D eigenvalue weighted by Gasteiger charge is -2.20. The molecule has 2 rings (SSSR count). The van der Waals surface area contributed by atoms with Crippen molar-refractivity contribution in [2.24, 2.45) is 0 Å². The van der Waals surface area contributed by atoms with E-state index in [0.29, 0.717) is 28.8 Å². The first-order valence-corrected chi connectivity index (χ1v) is 7.90. The van der Waals surface area contributed by atoms with Gasteiger partial charge in [0.15, 0.2) is 0 Å². The van der Waals surface area contributed by atoms with Gasteiger partial charge in [-0.25, -0.2) is 0 Å². The number of benzene rings is 1. The Morgan fingerprint density at radius 2 is 1.84 bits per heavy atom. The van der Waals surface area contributed by atoms with E-state index in [1.807, 2.05) is 0 Å². The number of nitrogens with zero attached hydrogens (tertiary/aromatic N) is 1. The number of β-amino-alcohol motifs (C(OH)–C–C–N with tert-alkyl or cyclic N) is 1. The Morgan fingerprint density at radius 3 is 2.42 bits per heavy atom. The zero-order chi connectivity index (χ0) is 13.8. The van der Waals surface area contributed by atoms with Crippen LogP contribution in [-0.4, -0.2) is 42.3 Å². The van der Waals surface area contributed by atoms with Crippen LogP contribution in [0.15, 0.2) is 16.6 Å². The zero-order valence-electron chi connectivity index (χ0n) is 10.5. The van der Waals surface area contributed by atoms with E-state index in [1.165, 1.54) is 12.8 Å². The number of rotatable bonds is 5. The Morgan fingerprint density at radius 1 is 1.26 bits per heavy atom. The van der Waals surface area contributed by atoms with Crippen LogP contribution < -0.4 is 5.32 Å². The van der Waals surface area contributed by atoms with Crippen LogP contribution in [0.3, 0.4) is 0 Å². The Labute approximate surface area is 132 Å². The van der Waals surface area contributed by atoms with Gasteiger partial charge in [-0.3, -0.25) is 0 Å². The average Bonchev–Trinajstić information content (AvgIpc) is 2.80. The summed E-state index contributed by atoms with van der Waals surface area (Å²) in [6.07, 6.45) is 2.03. The largest absolute Gasteiger partial charge is 0.390 e. The third kappa shape index (κ3) is 4.50. The highest BCUT2D eigenvalue weighted by molar-refractivity contribution is 9.10. The number of anilines is 1. The maximum Gasteiger partial charge on any atom is 0.0839 e. The first-order chi connectivity index (χ1) is 9.06. The lowest BCUT2D eigenvalue weighted by Crippen LogP contribution is -2.34. The number of likely N-dealkylation sites (tertiary alicyclic amines) is 1. The van der Waals surface area contributed by atoms with Crippen LogP contribution in [0.2, 0.25) is 10.0 Å². The van der Waals surface area contributed by atoms with Crippen molar-refractivity contribution in [3.63, 3.8) is 0 Å². The van der Waals surface area contributed by atoms with Crippen molar-refractivity contribution in [1.29, 1.82) is 0 Å². The highest BCUT2D eigenvalue weighted by Gasteiger charge is 2.16. The van der Waals surface area contributed by atoms with Gasteiger partial charge in [-0.15, -0.1) is 0 Å². The molecular formula is C13H17BrCl2N2O. The standard InChI is InChI=1S/C13H17BrCl2N2O/c14-9-5-11(15)13(12(16)6-9)17-7-10(19)8-18-3-1-2-4-18/h5-6,10,17,19H,1-4,7-8H2. The van der Waals surface area contributed by atoms with Crippen LogP contribution in [0.5, 0.6) is 0 Å². The van der Waals surface area contributed by atoms with E-state index in [4.69, 9.17) is 23.2 Å². The summed E-state index contributed by atoms with van der Waals surface area (Å²) in [6, 6.07) is 3.56. The molecule has 1 heterocycles. The van der Waals surface area contributed by atoms with Crippen molar-refractivity contribution in [3.8, 4) is 0 Å². The molecule has 2 N–H and O–H groups in total. The molecule has 1 fully saturated rings. The van der Waals surface area contributed by atoms with Crippen molar-refractivity contribution in [2.45, 2.75) is 18.9 Å². The van der Waals surface area contributed by atoms with Crippen molar-refractivity contribution < 1.29 is 5.11 Å². The number of nitrogens with one attached hydrogen (secondary N) is 1. The van der Waals surface area contributed by atoms with Gasteiger partial charge in [-0.2, -0.15) is 0 Å². The molecule has 1 aliphatic heterocycles. The summed E-state index contributed by atoms with van der Waals surface area (Å²) in [7, 11) is 0. The SMILES string of the molecule is OC(CNc1c(Cl)cc(Br)cc1Cl)CN1CCCC1. The quantitative estimate of drug-likeness (QED) is 0.834. The second-order valence-corrected chi connectivity index (χ2v) is 6.52. The van der Waals surface area contributed by atoms with E-state index >= 15 is 0 Å². The van der Waals surface area contributed by atoms with Crippen molar-refractivity contribution in [3.05, 3.63) is 26.7 Å². The zero-order valence-corrected chi connectivity index (χ0v) is 13.6. The first kappa shape index (κ1) is 15.4. The molecule has 0 saturated carbocycles. The minimum absolute atomic E-state index is 0.422. The predicted molar refractivity (Wildman–Crippen MR) is 84.3 cm³/mol. The van der Waals surface area contributed by atoms with Gasteiger partial charge in [0, 0.05) is 17.6 Å². The molecule has 1 aliphatic rings. The Bertz CT molecular complexity index is 416. The topological polar surface area (TPSA) is 35.5 Å². The third-order valence-corrected chi connectivity index (χ3v) is 4.24. The molecule has 1 aromatic rings. The summed E-state index contributed by atoms with van der Waals surface area (Å²) < 4.78 is 0.839. The molecule has 0 spiro atoms. The summed E-state index contributed by atoms with van der Waals surface area (Å²) in [5, 5.41) is 14.2. The normalized spacial score (nSPS) is 17.7. The molecule has 1 unspecified atom stereocenters. The van der Waals surface area contributed by atoms with Gasteiger partial charge in [0.05, 0.1) is 21.8 Å². The van der Waals surface area contributed by atoms with Crippen molar-refractivity contribution >= 4 is 44.8 Å². The molecule has 1 atom stereocenters. The number of hydrogen-bond acceptors (Lipinski definition) is 3. The molecule has 19 heavy (non-hydrogen) atoms. The van der Waals surface area contributed by atoms with Crippen LogP contribution in [0.1, 0.15) is 12.8 Å². The molecule has 1 aromatic carbocycles. The van der Waals surface area contributed by atoms with Crippen LogP contribution in [0.4, 0.5) is 5.69 Å². The third-order valence-electron chi connectivity index (χ3n) is 3.19. The molecule has 0 amide bonds. The molecule has 6 heteroatoms. The highest BCUT2D eigenvalue weighted by Crippen LogP contribution is 2.33. The van der Waals surface area contributed by atoms with E-state index in [-0.39, 0.29) is 0 Å². The predicted octanol–water partition coefficient (Wildman–Crippen LogP) is 3.62. The fraction of sp³-hybridized carbons (Fsp3) is 0.538. The molecule has 3 nitrogen and oxygen atoms in total.